The molecule has 1 unspecified atom stereocenters. The summed E-state index contributed by atoms with van der Waals surface area (Å²) in [6, 6.07) is 7.28. The van der Waals surface area contributed by atoms with E-state index >= 15 is 0 Å². The van der Waals surface area contributed by atoms with Crippen LogP contribution in [0.4, 0.5) is 0 Å². The van der Waals surface area contributed by atoms with Crippen LogP contribution in [-0.2, 0) is 11.2 Å². The Morgan fingerprint density at radius 2 is 2.07 bits per heavy atom. The van der Waals surface area contributed by atoms with Crippen molar-refractivity contribution < 1.29 is 15.0 Å². The van der Waals surface area contributed by atoms with Crippen LogP contribution in [0.2, 0.25) is 0 Å². The number of rotatable bonds is 5. The van der Waals surface area contributed by atoms with Gasteiger partial charge in [-0.1, -0.05) is 24.3 Å². The topological polar surface area (TPSA) is 57.5 Å². The van der Waals surface area contributed by atoms with Crippen molar-refractivity contribution in [2.24, 2.45) is 0 Å². The van der Waals surface area contributed by atoms with E-state index in [1.807, 2.05) is 12.1 Å². The maximum Gasteiger partial charge on any atom is 0.120 e. The highest BCUT2D eigenvalue weighted by molar-refractivity contribution is 5.50. The lowest BCUT2D eigenvalue weighted by atomic mass is 9.99. The number of hydrogen-bond acceptors (Lipinski definition) is 3. The van der Waals surface area contributed by atoms with E-state index in [0.29, 0.717) is 18.4 Å². The van der Waals surface area contributed by atoms with Crippen LogP contribution in [-0.4, -0.2) is 23.1 Å². The molecular formula is C11H14O3. The van der Waals surface area contributed by atoms with Gasteiger partial charge in [-0.15, -0.1) is 0 Å². The highest BCUT2D eigenvalue weighted by atomic mass is 16.3. The van der Waals surface area contributed by atoms with E-state index in [-0.39, 0.29) is 6.61 Å². The number of benzene rings is 1. The van der Waals surface area contributed by atoms with E-state index in [1.165, 1.54) is 0 Å². The van der Waals surface area contributed by atoms with Crippen LogP contribution in [0.1, 0.15) is 23.7 Å². The molecule has 3 heteroatoms. The molecule has 0 fully saturated rings. The maximum absolute atomic E-state index is 10.2. The Bertz CT molecular complexity index is 296. The zero-order valence-corrected chi connectivity index (χ0v) is 7.89. The van der Waals surface area contributed by atoms with Crippen molar-refractivity contribution >= 4 is 6.29 Å². The van der Waals surface area contributed by atoms with Crippen molar-refractivity contribution in [1.82, 2.24) is 0 Å². The molecule has 1 aromatic rings. The van der Waals surface area contributed by atoms with Gasteiger partial charge in [-0.3, -0.25) is 0 Å². The molecule has 3 nitrogen and oxygen atoms in total. The third-order valence-electron chi connectivity index (χ3n) is 2.12. The van der Waals surface area contributed by atoms with Gasteiger partial charge >= 0.3 is 0 Å². The van der Waals surface area contributed by atoms with Crippen molar-refractivity contribution in [2.45, 2.75) is 18.9 Å². The van der Waals surface area contributed by atoms with Crippen molar-refractivity contribution in [3.63, 3.8) is 0 Å². The van der Waals surface area contributed by atoms with Crippen LogP contribution in [0, 0.1) is 0 Å². The molecule has 0 aliphatic carbocycles. The third kappa shape index (κ3) is 2.65. The fourth-order valence-electron chi connectivity index (χ4n) is 1.40. The van der Waals surface area contributed by atoms with E-state index < -0.39 is 6.10 Å². The molecule has 0 aliphatic heterocycles. The van der Waals surface area contributed by atoms with Gasteiger partial charge in [0.2, 0.25) is 0 Å². The summed E-state index contributed by atoms with van der Waals surface area (Å²) in [5.74, 6) is 0. The summed E-state index contributed by atoms with van der Waals surface area (Å²) in [7, 11) is 0. The van der Waals surface area contributed by atoms with Crippen LogP contribution < -0.4 is 0 Å². The van der Waals surface area contributed by atoms with Gasteiger partial charge in [0.05, 0.1) is 6.61 Å². The first kappa shape index (κ1) is 10.9. The first-order valence-corrected chi connectivity index (χ1v) is 4.60. The Morgan fingerprint density at radius 1 is 1.36 bits per heavy atom. The van der Waals surface area contributed by atoms with Crippen molar-refractivity contribution in [3.8, 4) is 0 Å². The molecule has 0 heterocycles. The second-order valence-corrected chi connectivity index (χ2v) is 3.10. The minimum Gasteiger partial charge on any atom is -0.393 e. The average Bonchev–Trinajstić information content (AvgIpc) is 2.25. The molecule has 76 valence electrons. The SMILES string of the molecule is O=CCCc1ccccc1C(O)CO. The molecule has 1 atom stereocenters. The number of aldehydes is 1. The van der Waals surface area contributed by atoms with E-state index in [9.17, 15) is 9.90 Å². The van der Waals surface area contributed by atoms with Crippen LogP contribution >= 0.6 is 0 Å². The Kier molecular flexibility index (Phi) is 4.29. The lowest BCUT2D eigenvalue weighted by Gasteiger charge is -2.12. The largest absolute Gasteiger partial charge is 0.393 e. The molecule has 14 heavy (non-hydrogen) atoms. The van der Waals surface area contributed by atoms with Crippen LogP contribution in [0.25, 0.3) is 0 Å². The Morgan fingerprint density at radius 3 is 2.71 bits per heavy atom. The minimum atomic E-state index is -0.849. The summed E-state index contributed by atoms with van der Waals surface area (Å²) in [6.45, 7) is -0.294. The van der Waals surface area contributed by atoms with Gasteiger partial charge in [0.1, 0.15) is 12.4 Å². The van der Waals surface area contributed by atoms with E-state index in [4.69, 9.17) is 5.11 Å². The van der Waals surface area contributed by atoms with Gasteiger partial charge < -0.3 is 15.0 Å². The molecule has 0 bridgehead atoms. The van der Waals surface area contributed by atoms with Gasteiger partial charge in [0.25, 0.3) is 0 Å². The molecule has 0 aromatic heterocycles. The van der Waals surface area contributed by atoms with Gasteiger partial charge in [-0.25, -0.2) is 0 Å². The first-order chi connectivity index (χ1) is 6.79. The molecule has 0 saturated heterocycles. The molecule has 0 spiro atoms. The average molecular weight is 194 g/mol. The molecular weight excluding hydrogens is 180 g/mol. The minimum absolute atomic E-state index is 0.294. The molecule has 0 aliphatic rings. The van der Waals surface area contributed by atoms with Crippen LogP contribution in [0.3, 0.4) is 0 Å². The second-order valence-electron chi connectivity index (χ2n) is 3.10. The number of carbonyl (C=O) groups excluding carboxylic acids is 1. The number of hydrogen-bond donors (Lipinski definition) is 2. The van der Waals surface area contributed by atoms with Gasteiger partial charge in [-0.2, -0.15) is 0 Å². The van der Waals surface area contributed by atoms with E-state index in [2.05, 4.69) is 0 Å². The van der Waals surface area contributed by atoms with Crippen LogP contribution in [0.5, 0.6) is 0 Å². The quantitative estimate of drug-likeness (QED) is 0.683. The summed E-state index contributed by atoms with van der Waals surface area (Å²) in [6.07, 6.45) is 1.05. The van der Waals surface area contributed by atoms with E-state index in [1.54, 1.807) is 12.1 Å². The van der Waals surface area contributed by atoms with Crippen molar-refractivity contribution in [1.29, 1.82) is 0 Å². The lowest BCUT2D eigenvalue weighted by Crippen LogP contribution is -2.06. The number of aliphatic hydroxyl groups excluding tert-OH is 2. The molecule has 2 N–H and O–H groups in total. The lowest BCUT2D eigenvalue weighted by molar-refractivity contribution is -0.107. The van der Waals surface area contributed by atoms with Crippen molar-refractivity contribution in [2.75, 3.05) is 6.61 Å². The number of aliphatic hydroxyl groups is 2. The fourth-order valence-corrected chi connectivity index (χ4v) is 1.40. The summed E-state index contributed by atoms with van der Waals surface area (Å²) < 4.78 is 0. The predicted octanol–water partition coefficient (Wildman–Crippen LogP) is 0.844. The van der Waals surface area contributed by atoms with Gasteiger partial charge in [0, 0.05) is 6.42 Å². The Balaban J connectivity index is 2.84. The molecule has 1 rings (SSSR count). The Hall–Kier alpha value is -1.19. The van der Waals surface area contributed by atoms with Crippen LogP contribution in [0.15, 0.2) is 24.3 Å². The standard InChI is InChI=1S/C11H14O3/c12-7-3-5-9-4-1-2-6-10(9)11(14)8-13/h1-2,4,6-7,11,13-14H,3,5,8H2. The second kappa shape index (κ2) is 5.52. The van der Waals surface area contributed by atoms with Gasteiger partial charge in [-0.05, 0) is 17.5 Å². The molecule has 0 amide bonds. The summed E-state index contributed by atoms with van der Waals surface area (Å²) >= 11 is 0. The number of carbonyl (C=O) groups is 1. The normalized spacial score (nSPS) is 12.4. The third-order valence-corrected chi connectivity index (χ3v) is 2.12. The number of aryl methyl sites for hydroxylation is 1. The predicted molar refractivity (Wildman–Crippen MR) is 52.9 cm³/mol. The Labute approximate surface area is 83.0 Å². The zero-order chi connectivity index (χ0) is 10.4. The summed E-state index contributed by atoms with van der Waals surface area (Å²) in [5, 5.41) is 18.3. The molecule has 0 saturated carbocycles. The van der Waals surface area contributed by atoms with E-state index in [0.717, 1.165) is 11.8 Å². The monoisotopic (exact) mass is 194 g/mol. The first-order valence-electron chi connectivity index (χ1n) is 4.60. The van der Waals surface area contributed by atoms with Crippen molar-refractivity contribution in [3.05, 3.63) is 35.4 Å². The maximum atomic E-state index is 10.2. The smallest absolute Gasteiger partial charge is 0.120 e. The molecule has 0 radical (unpaired) electrons. The summed E-state index contributed by atoms with van der Waals surface area (Å²) in [4.78, 5) is 10.2. The zero-order valence-electron chi connectivity index (χ0n) is 7.89. The highest BCUT2D eigenvalue weighted by Crippen LogP contribution is 2.18. The highest BCUT2D eigenvalue weighted by Gasteiger charge is 2.09. The van der Waals surface area contributed by atoms with Gasteiger partial charge in [0.15, 0.2) is 0 Å². The summed E-state index contributed by atoms with van der Waals surface area (Å²) in [5.41, 5.74) is 1.62. The fraction of sp³-hybridized carbons (Fsp3) is 0.364. The molecule has 1 aromatic carbocycles.